The molecule has 1 aromatic carbocycles. The van der Waals surface area contributed by atoms with Crippen molar-refractivity contribution >= 4 is 33.4 Å². The lowest BCUT2D eigenvalue weighted by atomic mass is 10.1. The van der Waals surface area contributed by atoms with Crippen LogP contribution in [0.25, 0.3) is 22.3 Å². The molecule has 0 aliphatic heterocycles. The predicted molar refractivity (Wildman–Crippen MR) is 124 cm³/mol. The van der Waals surface area contributed by atoms with Gasteiger partial charge in [-0.1, -0.05) is 48.6 Å². The highest BCUT2D eigenvalue weighted by molar-refractivity contribution is 7.15. The van der Waals surface area contributed by atoms with Gasteiger partial charge in [0.2, 0.25) is 5.13 Å². The molecule has 0 spiro atoms. The summed E-state index contributed by atoms with van der Waals surface area (Å²) in [5.74, 6) is -0.267. The van der Waals surface area contributed by atoms with Gasteiger partial charge >= 0.3 is 0 Å². The lowest BCUT2D eigenvalue weighted by molar-refractivity contribution is 0.102. The first-order valence-electron chi connectivity index (χ1n) is 10.2. The second-order valence-electron chi connectivity index (χ2n) is 7.12. The topological polar surface area (TPSA) is 98.5 Å². The number of carbonyl (C=O) groups excluding carboxylic acids is 1. The van der Waals surface area contributed by atoms with Crippen LogP contribution in [0.4, 0.5) is 5.13 Å². The Labute approximate surface area is 188 Å². The zero-order valence-corrected chi connectivity index (χ0v) is 18.1. The third-order valence-corrected chi connectivity index (χ3v) is 5.98. The molecule has 1 amide bonds. The van der Waals surface area contributed by atoms with E-state index in [1.807, 2.05) is 49.4 Å². The Balaban J connectivity index is 1.59. The molecule has 5 rings (SSSR count). The quantitative estimate of drug-likeness (QED) is 0.424. The molecule has 0 aliphatic rings. The van der Waals surface area contributed by atoms with E-state index in [9.17, 15) is 4.79 Å². The molecule has 0 saturated heterocycles. The number of fused-ring (bicyclic) bond motifs is 1. The Hall–Kier alpha value is -3.98. The summed E-state index contributed by atoms with van der Waals surface area (Å²) in [6, 6.07) is 15.4. The molecule has 4 aromatic heterocycles. The van der Waals surface area contributed by atoms with E-state index in [4.69, 9.17) is 4.98 Å². The molecule has 4 heterocycles. The van der Waals surface area contributed by atoms with Gasteiger partial charge in [-0.2, -0.15) is 5.10 Å². The summed E-state index contributed by atoms with van der Waals surface area (Å²) in [5, 5.41) is 17.6. The summed E-state index contributed by atoms with van der Waals surface area (Å²) >= 11 is 1.37. The second-order valence-corrected chi connectivity index (χ2v) is 8.19. The smallest absolute Gasteiger partial charge is 0.258 e. The van der Waals surface area contributed by atoms with E-state index in [1.54, 1.807) is 29.3 Å². The Morgan fingerprint density at radius 2 is 1.91 bits per heavy atom. The van der Waals surface area contributed by atoms with E-state index in [1.165, 1.54) is 11.3 Å². The van der Waals surface area contributed by atoms with Crippen LogP contribution in [0, 0.1) is 0 Å². The first kappa shape index (κ1) is 20.0. The van der Waals surface area contributed by atoms with E-state index >= 15 is 0 Å². The highest BCUT2D eigenvalue weighted by Crippen LogP contribution is 2.26. The number of amides is 1. The van der Waals surface area contributed by atoms with Crippen LogP contribution in [0.2, 0.25) is 0 Å². The van der Waals surface area contributed by atoms with Crippen molar-refractivity contribution in [2.75, 3.05) is 5.32 Å². The fraction of sp³-hybridized carbons (Fsp3) is 0.130. The molecule has 0 atom stereocenters. The molecule has 5 aromatic rings. The number of carbonyl (C=O) groups is 1. The summed E-state index contributed by atoms with van der Waals surface area (Å²) < 4.78 is 1.80. The summed E-state index contributed by atoms with van der Waals surface area (Å²) in [5.41, 5.74) is 3.79. The van der Waals surface area contributed by atoms with Gasteiger partial charge in [-0.15, -0.1) is 10.2 Å². The minimum Gasteiger partial charge on any atom is -0.296 e. The Kier molecular flexibility index (Phi) is 5.39. The largest absolute Gasteiger partial charge is 0.296 e. The van der Waals surface area contributed by atoms with Crippen molar-refractivity contribution in [1.29, 1.82) is 0 Å². The average Bonchev–Trinajstić information content (AvgIpc) is 3.46. The summed E-state index contributed by atoms with van der Waals surface area (Å²) in [6.07, 6.45) is 5.95. The van der Waals surface area contributed by atoms with Crippen molar-refractivity contribution in [3.8, 4) is 11.3 Å². The van der Waals surface area contributed by atoms with Crippen LogP contribution in [0.1, 0.15) is 27.9 Å². The van der Waals surface area contributed by atoms with Gasteiger partial charge in [-0.25, -0.2) is 9.67 Å². The van der Waals surface area contributed by atoms with E-state index < -0.39 is 0 Å². The van der Waals surface area contributed by atoms with E-state index in [2.05, 4.69) is 25.6 Å². The van der Waals surface area contributed by atoms with Gasteiger partial charge in [0.1, 0.15) is 5.01 Å². The molecule has 1 N–H and O–H groups in total. The summed E-state index contributed by atoms with van der Waals surface area (Å²) in [7, 11) is 0. The number of nitrogens with zero attached hydrogens (tertiary/aromatic N) is 6. The molecule has 32 heavy (non-hydrogen) atoms. The molecule has 0 unspecified atom stereocenters. The molecule has 0 bridgehead atoms. The van der Waals surface area contributed by atoms with Crippen LogP contribution in [0.3, 0.4) is 0 Å². The monoisotopic (exact) mass is 441 g/mol. The maximum atomic E-state index is 13.2. The zero-order valence-electron chi connectivity index (χ0n) is 17.3. The number of aryl methyl sites for hydroxylation is 1. The summed E-state index contributed by atoms with van der Waals surface area (Å²) in [6.45, 7) is 2.52. The fourth-order valence-corrected chi connectivity index (χ4v) is 4.06. The van der Waals surface area contributed by atoms with Crippen LogP contribution in [0.5, 0.6) is 0 Å². The highest BCUT2D eigenvalue weighted by Gasteiger charge is 2.19. The highest BCUT2D eigenvalue weighted by atomic mass is 32.1. The van der Waals surface area contributed by atoms with E-state index in [0.717, 1.165) is 22.6 Å². The van der Waals surface area contributed by atoms with Crippen molar-refractivity contribution in [2.24, 2.45) is 0 Å². The first-order valence-corrected chi connectivity index (χ1v) is 11.0. The number of rotatable bonds is 6. The number of nitrogens with one attached hydrogen (secondary N) is 1. The molecule has 0 saturated carbocycles. The van der Waals surface area contributed by atoms with Gasteiger partial charge < -0.3 is 0 Å². The fourth-order valence-electron chi connectivity index (χ4n) is 3.38. The standard InChI is InChI=1S/C23H19N7OS/c1-2-20-28-29-23(32-20)27-22(31)17-12-19(16-6-4-3-5-7-16)26-21-18(17)13-25-30(21)14-15-8-10-24-11-9-15/h3-13H,2,14H2,1H3,(H,27,29,31). The number of aromatic nitrogens is 6. The second kappa shape index (κ2) is 8.64. The molecular weight excluding hydrogens is 422 g/mol. The zero-order chi connectivity index (χ0) is 21.9. The lowest BCUT2D eigenvalue weighted by Crippen LogP contribution is -2.13. The minimum atomic E-state index is -0.267. The molecule has 158 valence electrons. The van der Waals surface area contributed by atoms with Gasteiger partial charge in [0.05, 0.1) is 29.4 Å². The third kappa shape index (κ3) is 3.97. The van der Waals surface area contributed by atoms with Crippen LogP contribution in [-0.2, 0) is 13.0 Å². The summed E-state index contributed by atoms with van der Waals surface area (Å²) in [4.78, 5) is 22.1. The third-order valence-electron chi connectivity index (χ3n) is 4.99. The molecular formula is C23H19N7OS. The Bertz CT molecular complexity index is 1380. The van der Waals surface area contributed by atoms with Crippen molar-refractivity contribution in [1.82, 2.24) is 29.9 Å². The number of benzene rings is 1. The SMILES string of the molecule is CCc1nnc(NC(=O)c2cc(-c3ccccc3)nc3c2cnn3Cc2ccncc2)s1. The number of anilines is 1. The number of hydrogen-bond donors (Lipinski definition) is 1. The van der Waals surface area contributed by atoms with Crippen molar-refractivity contribution in [2.45, 2.75) is 19.9 Å². The maximum absolute atomic E-state index is 13.2. The minimum absolute atomic E-state index is 0.267. The van der Waals surface area contributed by atoms with Gasteiger partial charge in [-0.05, 0) is 30.2 Å². The number of pyridine rings is 2. The predicted octanol–water partition coefficient (Wildman–Crippen LogP) is 4.21. The Morgan fingerprint density at radius 3 is 2.66 bits per heavy atom. The first-order chi connectivity index (χ1) is 15.7. The van der Waals surface area contributed by atoms with Gasteiger partial charge in [0, 0.05) is 18.0 Å². The molecule has 9 heteroatoms. The number of hydrogen-bond acceptors (Lipinski definition) is 7. The van der Waals surface area contributed by atoms with Crippen LogP contribution >= 0.6 is 11.3 Å². The van der Waals surface area contributed by atoms with Crippen molar-refractivity contribution in [3.05, 3.63) is 83.3 Å². The normalized spacial score (nSPS) is 11.0. The van der Waals surface area contributed by atoms with Crippen LogP contribution in [-0.4, -0.2) is 35.9 Å². The van der Waals surface area contributed by atoms with Gasteiger partial charge in [0.25, 0.3) is 5.91 Å². The molecule has 0 fully saturated rings. The van der Waals surface area contributed by atoms with Gasteiger partial charge in [0.15, 0.2) is 5.65 Å². The molecule has 0 radical (unpaired) electrons. The lowest BCUT2D eigenvalue weighted by Gasteiger charge is -2.09. The van der Waals surface area contributed by atoms with Crippen LogP contribution < -0.4 is 5.32 Å². The average molecular weight is 442 g/mol. The van der Waals surface area contributed by atoms with Crippen molar-refractivity contribution < 1.29 is 4.79 Å². The molecule has 0 aliphatic carbocycles. The van der Waals surface area contributed by atoms with Crippen molar-refractivity contribution in [3.63, 3.8) is 0 Å². The maximum Gasteiger partial charge on any atom is 0.258 e. The molecule has 8 nitrogen and oxygen atoms in total. The van der Waals surface area contributed by atoms with E-state index in [-0.39, 0.29) is 5.91 Å². The van der Waals surface area contributed by atoms with Gasteiger partial charge in [-0.3, -0.25) is 15.1 Å². The van der Waals surface area contributed by atoms with Crippen LogP contribution in [0.15, 0.2) is 67.1 Å². The Morgan fingerprint density at radius 1 is 1.09 bits per heavy atom. The van der Waals surface area contributed by atoms with E-state index in [0.29, 0.717) is 34.0 Å².